The average molecular weight is 386 g/mol. The molecule has 0 aliphatic carbocycles. The minimum atomic E-state index is -0.635. The number of pyridine rings is 1. The minimum absolute atomic E-state index is 0.00537. The number of rotatable bonds is 8. The van der Waals surface area contributed by atoms with Crippen LogP contribution in [-0.4, -0.2) is 40.5 Å². The molecule has 0 atom stereocenters. The van der Waals surface area contributed by atoms with Crippen LogP contribution in [0.2, 0.25) is 0 Å². The van der Waals surface area contributed by atoms with Crippen molar-refractivity contribution in [3.63, 3.8) is 0 Å². The predicted molar refractivity (Wildman–Crippen MR) is 95.4 cm³/mol. The second-order valence-corrected chi connectivity index (χ2v) is 5.47. The SMILES string of the molecule is COCc1cc(C(=O)N(N)c2cc(OC)c(OCc3ccccn3)nn2)no1. The third-order valence-corrected chi connectivity index (χ3v) is 3.55. The molecule has 0 aliphatic rings. The molecular formula is C17H18N6O5. The number of nitrogens with two attached hydrogens (primary N) is 1. The van der Waals surface area contributed by atoms with Crippen molar-refractivity contribution in [3.8, 4) is 11.6 Å². The Morgan fingerprint density at radius 2 is 2.07 bits per heavy atom. The van der Waals surface area contributed by atoms with Crippen molar-refractivity contribution in [2.24, 2.45) is 5.84 Å². The van der Waals surface area contributed by atoms with Crippen LogP contribution in [0.4, 0.5) is 5.82 Å². The molecule has 11 nitrogen and oxygen atoms in total. The van der Waals surface area contributed by atoms with Gasteiger partial charge in [-0.1, -0.05) is 11.2 Å². The highest BCUT2D eigenvalue weighted by molar-refractivity contribution is 6.03. The molecule has 2 N–H and O–H groups in total. The fraction of sp³-hybridized carbons (Fsp3) is 0.235. The zero-order chi connectivity index (χ0) is 19.9. The van der Waals surface area contributed by atoms with Crippen molar-refractivity contribution in [1.29, 1.82) is 0 Å². The Hall–Kier alpha value is -3.57. The molecule has 0 aromatic carbocycles. The number of amides is 1. The molecule has 3 rings (SSSR count). The number of nitrogens with zero attached hydrogens (tertiary/aromatic N) is 5. The maximum Gasteiger partial charge on any atom is 0.296 e. The second-order valence-electron chi connectivity index (χ2n) is 5.47. The van der Waals surface area contributed by atoms with Crippen LogP contribution >= 0.6 is 0 Å². The number of hydrazine groups is 1. The summed E-state index contributed by atoms with van der Waals surface area (Å²) in [6, 6.07) is 8.32. The van der Waals surface area contributed by atoms with Gasteiger partial charge in [0, 0.05) is 25.4 Å². The summed E-state index contributed by atoms with van der Waals surface area (Å²) in [7, 11) is 2.93. The molecule has 11 heteroatoms. The van der Waals surface area contributed by atoms with Crippen molar-refractivity contribution >= 4 is 11.7 Å². The minimum Gasteiger partial charge on any atom is -0.491 e. The lowest BCUT2D eigenvalue weighted by molar-refractivity contribution is 0.0976. The van der Waals surface area contributed by atoms with Crippen molar-refractivity contribution in [1.82, 2.24) is 20.3 Å². The number of hydrogen-bond acceptors (Lipinski definition) is 10. The van der Waals surface area contributed by atoms with Gasteiger partial charge in [0.2, 0.25) is 0 Å². The summed E-state index contributed by atoms with van der Waals surface area (Å²) >= 11 is 0. The average Bonchev–Trinajstić information content (AvgIpc) is 3.20. The van der Waals surface area contributed by atoms with Gasteiger partial charge in [-0.05, 0) is 12.1 Å². The van der Waals surface area contributed by atoms with Gasteiger partial charge >= 0.3 is 0 Å². The third kappa shape index (κ3) is 4.39. The number of aromatic nitrogens is 4. The molecule has 1 amide bonds. The molecule has 0 bridgehead atoms. The molecule has 3 aromatic heterocycles. The van der Waals surface area contributed by atoms with E-state index in [0.29, 0.717) is 11.5 Å². The highest BCUT2D eigenvalue weighted by Crippen LogP contribution is 2.27. The second kappa shape index (κ2) is 8.88. The Bertz CT molecular complexity index is 933. The summed E-state index contributed by atoms with van der Waals surface area (Å²) < 4.78 is 20.7. The van der Waals surface area contributed by atoms with Crippen LogP contribution < -0.4 is 20.3 Å². The molecule has 0 radical (unpaired) electrons. The lowest BCUT2D eigenvalue weighted by Gasteiger charge is -2.15. The molecule has 0 saturated carbocycles. The van der Waals surface area contributed by atoms with Crippen LogP contribution in [0.5, 0.6) is 11.6 Å². The molecule has 3 heterocycles. The molecule has 0 unspecified atom stereocenters. The summed E-state index contributed by atoms with van der Waals surface area (Å²) in [5.41, 5.74) is 0.717. The lowest BCUT2D eigenvalue weighted by Crippen LogP contribution is -2.38. The fourth-order valence-electron chi connectivity index (χ4n) is 2.20. The third-order valence-electron chi connectivity index (χ3n) is 3.55. The van der Waals surface area contributed by atoms with E-state index < -0.39 is 5.91 Å². The van der Waals surface area contributed by atoms with E-state index in [2.05, 4.69) is 20.3 Å². The Morgan fingerprint density at radius 3 is 2.79 bits per heavy atom. The number of carbonyl (C=O) groups excluding carboxylic acids is 1. The maximum absolute atomic E-state index is 12.4. The highest BCUT2D eigenvalue weighted by atomic mass is 16.5. The fourth-order valence-corrected chi connectivity index (χ4v) is 2.20. The Morgan fingerprint density at radius 1 is 1.21 bits per heavy atom. The van der Waals surface area contributed by atoms with E-state index in [4.69, 9.17) is 24.6 Å². The number of ether oxygens (including phenoxy) is 3. The first-order valence-corrected chi connectivity index (χ1v) is 8.10. The summed E-state index contributed by atoms with van der Waals surface area (Å²) in [6.07, 6.45) is 1.66. The number of methoxy groups -OCH3 is 2. The van der Waals surface area contributed by atoms with Gasteiger partial charge in [0.25, 0.3) is 11.8 Å². The van der Waals surface area contributed by atoms with Gasteiger partial charge in [-0.3, -0.25) is 9.78 Å². The molecule has 0 fully saturated rings. The Balaban J connectivity index is 1.73. The highest BCUT2D eigenvalue weighted by Gasteiger charge is 2.22. The van der Waals surface area contributed by atoms with E-state index in [9.17, 15) is 4.79 Å². The predicted octanol–water partition coefficient (Wildman–Crippen LogP) is 1.11. The number of hydrogen-bond donors (Lipinski definition) is 1. The van der Waals surface area contributed by atoms with Gasteiger partial charge in [-0.25, -0.2) is 10.9 Å². The zero-order valence-corrected chi connectivity index (χ0v) is 15.2. The van der Waals surface area contributed by atoms with Crippen molar-refractivity contribution in [3.05, 3.63) is 53.7 Å². The molecule has 3 aromatic rings. The van der Waals surface area contributed by atoms with E-state index in [1.54, 1.807) is 12.3 Å². The first-order valence-electron chi connectivity index (χ1n) is 8.10. The van der Waals surface area contributed by atoms with Crippen molar-refractivity contribution in [2.45, 2.75) is 13.2 Å². The van der Waals surface area contributed by atoms with Crippen molar-refractivity contribution < 1.29 is 23.5 Å². The van der Waals surface area contributed by atoms with E-state index >= 15 is 0 Å². The standard InChI is InChI=1S/C17H18N6O5/c1-25-10-12-7-13(22-28-12)17(24)23(18)15-8-14(26-2)16(21-20-15)27-9-11-5-3-4-6-19-11/h3-8H,9-10,18H2,1-2H3. The summed E-state index contributed by atoms with van der Waals surface area (Å²) in [5, 5.41) is 12.3. The van der Waals surface area contributed by atoms with E-state index in [0.717, 1.165) is 5.01 Å². The summed E-state index contributed by atoms with van der Waals surface area (Å²) in [6.45, 7) is 0.360. The van der Waals surface area contributed by atoms with Crippen LogP contribution in [0.25, 0.3) is 0 Å². The first-order chi connectivity index (χ1) is 13.6. The quantitative estimate of drug-likeness (QED) is 0.340. The van der Waals surface area contributed by atoms with E-state index in [1.165, 1.54) is 26.4 Å². The topological polar surface area (TPSA) is 139 Å². The van der Waals surface area contributed by atoms with Crippen LogP contribution in [0.1, 0.15) is 21.9 Å². The van der Waals surface area contributed by atoms with E-state index in [-0.39, 0.29) is 36.4 Å². The summed E-state index contributed by atoms with van der Waals surface area (Å²) in [5.74, 6) is 6.05. The largest absolute Gasteiger partial charge is 0.491 e. The molecule has 28 heavy (non-hydrogen) atoms. The Kier molecular flexibility index (Phi) is 6.09. The molecule has 0 spiro atoms. The van der Waals surface area contributed by atoms with Crippen LogP contribution in [0.3, 0.4) is 0 Å². The monoisotopic (exact) mass is 386 g/mol. The van der Waals surface area contributed by atoms with Crippen molar-refractivity contribution in [2.75, 3.05) is 19.2 Å². The van der Waals surface area contributed by atoms with Crippen LogP contribution in [-0.2, 0) is 18.0 Å². The smallest absolute Gasteiger partial charge is 0.296 e. The normalized spacial score (nSPS) is 10.5. The lowest BCUT2D eigenvalue weighted by atomic mass is 10.3. The molecular weight excluding hydrogens is 368 g/mol. The van der Waals surface area contributed by atoms with Gasteiger partial charge in [-0.2, -0.15) is 0 Å². The van der Waals surface area contributed by atoms with Gasteiger partial charge < -0.3 is 18.7 Å². The Labute approximate surface area is 160 Å². The van der Waals surface area contributed by atoms with Gasteiger partial charge in [0.15, 0.2) is 23.0 Å². The molecule has 0 aliphatic heterocycles. The van der Waals surface area contributed by atoms with Gasteiger partial charge in [0.05, 0.1) is 12.8 Å². The summed E-state index contributed by atoms with van der Waals surface area (Å²) in [4.78, 5) is 16.6. The molecule has 0 saturated heterocycles. The molecule has 146 valence electrons. The maximum atomic E-state index is 12.4. The first kappa shape index (κ1) is 19.2. The zero-order valence-electron chi connectivity index (χ0n) is 15.2. The van der Waals surface area contributed by atoms with Gasteiger partial charge in [-0.15, -0.1) is 10.2 Å². The van der Waals surface area contributed by atoms with E-state index in [1.807, 2.05) is 12.1 Å². The van der Waals surface area contributed by atoms with Gasteiger partial charge in [0.1, 0.15) is 13.2 Å². The number of carbonyl (C=O) groups is 1. The van der Waals surface area contributed by atoms with Crippen LogP contribution in [0.15, 0.2) is 41.1 Å². The number of anilines is 1. The van der Waals surface area contributed by atoms with Crippen LogP contribution in [0, 0.1) is 0 Å².